The van der Waals surface area contributed by atoms with E-state index < -0.39 is 12.1 Å². The Bertz CT molecular complexity index is 1050. The molecular formula is C23H25F4N3O3. The van der Waals surface area contributed by atoms with E-state index in [-0.39, 0.29) is 5.82 Å². The van der Waals surface area contributed by atoms with E-state index in [2.05, 4.69) is 15.3 Å². The SMILES string of the molecule is Fc1cc(Oc2ccc(CNCC3CCCCC3)cc2)cc2[nH]cnc12.O=C(O)C(F)(F)F. The van der Waals surface area contributed by atoms with Crippen molar-refractivity contribution in [3.05, 3.63) is 54.1 Å². The van der Waals surface area contributed by atoms with Gasteiger partial charge in [-0.15, -0.1) is 0 Å². The topological polar surface area (TPSA) is 87.2 Å². The zero-order valence-electron chi connectivity index (χ0n) is 17.8. The fourth-order valence-electron chi connectivity index (χ4n) is 3.66. The predicted octanol–water partition coefficient (Wildman–Crippen LogP) is 5.80. The third-order valence-corrected chi connectivity index (χ3v) is 5.34. The molecule has 4 rings (SSSR count). The van der Waals surface area contributed by atoms with Gasteiger partial charge in [-0.05, 0) is 43.0 Å². The quantitative estimate of drug-likeness (QED) is 0.399. The summed E-state index contributed by atoms with van der Waals surface area (Å²) in [7, 11) is 0. The van der Waals surface area contributed by atoms with Crippen LogP contribution in [0.2, 0.25) is 0 Å². The number of nitrogens with zero attached hydrogens (tertiary/aromatic N) is 1. The number of hydrogen-bond donors (Lipinski definition) is 3. The van der Waals surface area contributed by atoms with Crippen LogP contribution in [0.5, 0.6) is 11.5 Å². The highest BCUT2D eigenvalue weighted by Crippen LogP contribution is 2.27. The molecule has 0 amide bonds. The van der Waals surface area contributed by atoms with Gasteiger partial charge in [-0.3, -0.25) is 0 Å². The Labute approximate surface area is 188 Å². The lowest BCUT2D eigenvalue weighted by molar-refractivity contribution is -0.192. The molecule has 1 aromatic heterocycles. The van der Waals surface area contributed by atoms with Gasteiger partial charge in [-0.25, -0.2) is 14.2 Å². The lowest BCUT2D eigenvalue weighted by Gasteiger charge is -2.21. The van der Waals surface area contributed by atoms with Crippen LogP contribution < -0.4 is 10.1 Å². The number of imidazole rings is 1. The number of nitrogens with one attached hydrogen (secondary N) is 2. The largest absolute Gasteiger partial charge is 0.490 e. The first kappa shape index (κ1) is 24.5. The maximum absolute atomic E-state index is 14.0. The molecule has 1 saturated carbocycles. The fraction of sp³-hybridized carbons (Fsp3) is 0.391. The number of aliphatic carboxylic acids is 1. The van der Waals surface area contributed by atoms with E-state index in [9.17, 15) is 17.6 Å². The minimum absolute atomic E-state index is 0.330. The molecule has 6 nitrogen and oxygen atoms in total. The summed E-state index contributed by atoms with van der Waals surface area (Å²) in [6.45, 7) is 1.97. The molecule has 0 unspecified atom stereocenters. The number of ether oxygens (including phenoxy) is 1. The van der Waals surface area contributed by atoms with Crippen molar-refractivity contribution in [2.24, 2.45) is 5.92 Å². The van der Waals surface area contributed by atoms with Crippen LogP contribution in [0, 0.1) is 11.7 Å². The summed E-state index contributed by atoms with van der Waals surface area (Å²) in [4.78, 5) is 15.7. The fourth-order valence-corrected chi connectivity index (χ4v) is 3.66. The van der Waals surface area contributed by atoms with Gasteiger partial charge in [0.25, 0.3) is 0 Å². The Balaban J connectivity index is 0.000000383. The number of carboxylic acids is 1. The normalized spacial score (nSPS) is 14.5. The number of carbonyl (C=O) groups is 1. The maximum atomic E-state index is 14.0. The highest BCUT2D eigenvalue weighted by Gasteiger charge is 2.38. The highest BCUT2D eigenvalue weighted by molar-refractivity contribution is 5.77. The molecule has 0 radical (unpaired) electrons. The number of fused-ring (bicyclic) bond motifs is 1. The van der Waals surface area contributed by atoms with Gasteiger partial charge < -0.3 is 20.1 Å². The molecule has 1 aliphatic rings. The summed E-state index contributed by atoms with van der Waals surface area (Å²) in [5.74, 6) is -1.16. The number of aromatic nitrogens is 2. The second kappa shape index (κ2) is 11.1. The summed E-state index contributed by atoms with van der Waals surface area (Å²) >= 11 is 0. The van der Waals surface area contributed by atoms with Crippen molar-refractivity contribution in [3.8, 4) is 11.5 Å². The molecule has 0 spiro atoms. The molecule has 1 heterocycles. The molecular weight excluding hydrogens is 442 g/mol. The maximum Gasteiger partial charge on any atom is 0.490 e. The smallest absolute Gasteiger partial charge is 0.475 e. The molecule has 10 heteroatoms. The van der Waals surface area contributed by atoms with Gasteiger partial charge in [0, 0.05) is 18.7 Å². The molecule has 33 heavy (non-hydrogen) atoms. The number of benzene rings is 2. The van der Waals surface area contributed by atoms with E-state index in [0.717, 1.165) is 19.0 Å². The summed E-state index contributed by atoms with van der Waals surface area (Å²) in [5, 5.41) is 10.7. The van der Waals surface area contributed by atoms with Crippen LogP contribution in [0.15, 0.2) is 42.7 Å². The number of H-pyrrole nitrogens is 1. The molecule has 2 aromatic carbocycles. The number of halogens is 4. The van der Waals surface area contributed by atoms with Crippen molar-refractivity contribution in [2.45, 2.75) is 44.8 Å². The summed E-state index contributed by atoms with van der Waals surface area (Å²) in [6, 6.07) is 11.1. The molecule has 1 fully saturated rings. The Kier molecular flexibility index (Phi) is 8.26. The third-order valence-electron chi connectivity index (χ3n) is 5.34. The molecule has 0 saturated heterocycles. The van der Waals surface area contributed by atoms with Gasteiger partial charge in [0.15, 0.2) is 5.82 Å². The summed E-state index contributed by atoms with van der Waals surface area (Å²) in [5.41, 5.74) is 2.18. The molecule has 3 aromatic rings. The number of aromatic amines is 1. The van der Waals surface area contributed by atoms with Crippen LogP contribution in [-0.2, 0) is 11.3 Å². The first-order valence-electron chi connectivity index (χ1n) is 10.6. The number of hydrogen-bond acceptors (Lipinski definition) is 4. The highest BCUT2D eigenvalue weighted by atomic mass is 19.4. The molecule has 0 bridgehead atoms. The Morgan fingerprint density at radius 1 is 1.12 bits per heavy atom. The second-order valence-electron chi connectivity index (χ2n) is 7.89. The minimum Gasteiger partial charge on any atom is -0.475 e. The average molecular weight is 467 g/mol. The summed E-state index contributed by atoms with van der Waals surface area (Å²) < 4.78 is 51.5. The Hall–Kier alpha value is -3.14. The molecule has 0 aliphatic heterocycles. The van der Waals surface area contributed by atoms with Gasteiger partial charge in [0.05, 0.1) is 11.8 Å². The number of carboxylic acid groups (broad SMARTS) is 1. The van der Waals surface area contributed by atoms with Crippen LogP contribution in [-0.4, -0.2) is 33.8 Å². The van der Waals surface area contributed by atoms with Crippen molar-refractivity contribution in [2.75, 3.05) is 6.54 Å². The van der Waals surface area contributed by atoms with E-state index in [1.54, 1.807) is 6.07 Å². The first-order valence-corrected chi connectivity index (χ1v) is 10.6. The van der Waals surface area contributed by atoms with Gasteiger partial charge in [-0.2, -0.15) is 13.2 Å². The van der Waals surface area contributed by atoms with Crippen molar-refractivity contribution in [3.63, 3.8) is 0 Å². The summed E-state index contributed by atoms with van der Waals surface area (Å²) in [6.07, 6.45) is 3.27. The molecule has 0 atom stereocenters. The Morgan fingerprint density at radius 3 is 2.42 bits per heavy atom. The number of alkyl halides is 3. The van der Waals surface area contributed by atoms with Crippen LogP contribution in [0.1, 0.15) is 37.7 Å². The van der Waals surface area contributed by atoms with Crippen molar-refractivity contribution in [1.82, 2.24) is 15.3 Å². The lowest BCUT2D eigenvalue weighted by atomic mass is 9.89. The predicted molar refractivity (Wildman–Crippen MR) is 115 cm³/mol. The average Bonchev–Trinajstić information content (AvgIpc) is 3.25. The van der Waals surface area contributed by atoms with Gasteiger partial charge >= 0.3 is 12.1 Å². The Morgan fingerprint density at radius 2 is 1.79 bits per heavy atom. The van der Waals surface area contributed by atoms with Crippen LogP contribution in [0.3, 0.4) is 0 Å². The van der Waals surface area contributed by atoms with E-state index in [4.69, 9.17) is 14.6 Å². The van der Waals surface area contributed by atoms with Crippen LogP contribution >= 0.6 is 0 Å². The van der Waals surface area contributed by atoms with Crippen LogP contribution in [0.4, 0.5) is 17.6 Å². The van der Waals surface area contributed by atoms with E-state index in [1.165, 1.54) is 50.1 Å². The van der Waals surface area contributed by atoms with Crippen molar-refractivity contribution >= 4 is 17.0 Å². The third kappa shape index (κ3) is 7.45. The van der Waals surface area contributed by atoms with E-state index in [0.29, 0.717) is 22.5 Å². The van der Waals surface area contributed by atoms with Crippen LogP contribution in [0.25, 0.3) is 11.0 Å². The van der Waals surface area contributed by atoms with E-state index >= 15 is 0 Å². The molecule has 1 aliphatic carbocycles. The second-order valence-corrected chi connectivity index (χ2v) is 7.89. The monoisotopic (exact) mass is 467 g/mol. The van der Waals surface area contributed by atoms with Crippen molar-refractivity contribution < 1.29 is 32.2 Å². The first-order chi connectivity index (χ1) is 15.7. The zero-order chi connectivity index (χ0) is 23.8. The van der Waals surface area contributed by atoms with Gasteiger partial charge in [0.1, 0.15) is 17.0 Å². The molecule has 3 N–H and O–H groups in total. The van der Waals surface area contributed by atoms with Crippen molar-refractivity contribution in [1.29, 1.82) is 0 Å². The lowest BCUT2D eigenvalue weighted by Crippen LogP contribution is -2.24. The number of rotatable bonds is 6. The standard InChI is InChI=1S/C21H24FN3O.C2HF3O2/c22-19-10-18(11-20-21(19)25-14-24-20)26-17-8-6-16(7-9-17)13-23-12-15-4-2-1-3-5-15;3-2(4,5)1(6)7/h6-11,14-15,23H,1-5,12-13H2,(H,24,25);(H,6,7). The minimum atomic E-state index is -5.08. The van der Waals surface area contributed by atoms with Gasteiger partial charge in [0.2, 0.25) is 0 Å². The zero-order valence-corrected chi connectivity index (χ0v) is 17.8. The molecule has 178 valence electrons. The van der Waals surface area contributed by atoms with Gasteiger partial charge in [-0.1, -0.05) is 31.4 Å². The van der Waals surface area contributed by atoms with E-state index in [1.807, 2.05) is 24.3 Å².